The summed E-state index contributed by atoms with van der Waals surface area (Å²) < 4.78 is 45.1. The lowest BCUT2D eigenvalue weighted by atomic mass is 9.85. The Balaban J connectivity index is 1.67. The molecule has 0 N–H and O–H groups in total. The summed E-state index contributed by atoms with van der Waals surface area (Å²) in [4.78, 5) is 12.2. The summed E-state index contributed by atoms with van der Waals surface area (Å²) in [6.07, 6.45) is -1.05. The summed E-state index contributed by atoms with van der Waals surface area (Å²) in [6, 6.07) is 0. The van der Waals surface area contributed by atoms with Gasteiger partial charge >= 0.3 is 6.18 Å². The average molecular weight is 324 g/mol. The Hall–Kier alpha value is -1.99. The van der Waals surface area contributed by atoms with Crippen LogP contribution in [0.15, 0.2) is 4.52 Å². The van der Waals surface area contributed by atoms with E-state index in [1.165, 1.54) is 6.92 Å². The van der Waals surface area contributed by atoms with Crippen molar-refractivity contribution < 1.29 is 17.7 Å². The monoisotopic (exact) mass is 324 g/mol. The second-order valence-corrected chi connectivity index (χ2v) is 6.25. The van der Waals surface area contributed by atoms with Gasteiger partial charge < -0.3 is 4.52 Å². The number of fused-ring (bicyclic) bond motifs is 1. The van der Waals surface area contributed by atoms with Crippen molar-refractivity contribution in [2.45, 2.75) is 57.0 Å². The molecule has 2 aliphatic rings. The molecular formula is C15H15F3N4O. The fourth-order valence-electron chi connectivity index (χ4n) is 3.10. The van der Waals surface area contributed by atoms with E-state index in [9.17, 15) is 13.2 Å². The zero-order valence-electron chi connectivity index (χ0n) is 12.5. The Morgan fingerprint density at radius 2 is 1.83 bits per heavy atom. The van der Waals surface area contributed by atoms with Crippen LogP contribution in [0, 0.1) is 6.92 Å². The lowest BCUT2D eigenvalue weighted by Crippen LogP contribution is -2.22. The molecule has 2 aromatic heterocycles. The predicted molar refractivity (Wildman–Crippen MR) is 72.8 cm³/mol. The van der Waals surface area contributed by atoms with E-state index in [-0.39, 0.29) is 23.7 Å². The van der Waals surface area contributed by atoms with Gasteiger partial charge in [0.15, 0.2) is 11.5 Å². The van der Waals surface area contributed by atoms with Gasteiger partial charge in [0, 0.05) is 23.1 Å². The SMILES string of the molecule is Cc1nc2c(c(C(F)(F)F)n1)CC(c1nc(C3CC3)no1)CC2. The van der Waals surface area contributed by atoms with Crippen LogP contribution in [0.25, 0.3) is 0 Å². The summed E-state index contributed by atoms with van der Waals surface area (Å²) in [5.41, 5.74) is -0.167. The molecule has 1 saturated carbocycles. The van der Waals surface area contributed by atoms with Crippen molar-refractivity contribution in [2.24, 2.45) is 0 Å². The minimum absolute atomic E-state index is 0.156. The van der Waals surface area contributed by atoms with Crippen LogP contribution in [0.1, 0.15) is 65.6 Å². The molecule has 5 nitrogen and oxygen atoms in total. The highest BCUT2D eigenvalue weighted by atomic mass is 19.4. The number of alkyl halides is 3. The van der Waals surface area contributed by atoms with Gasteiger partial charge in [-0.15, -0.1) is 0 Å². The zero-order valence-corrected chi connectivity index (χ0v) is 12.5. The summed E-state index contributed by atoms with van der Waals surface area (Å²) >= 11 is 0. The van der Waals surface area contributed by atoms with E-state index in [1.807, 2.05) is 0 Å². The van der Waals surface area contributed by atoms with E-state index in [4.69, 9.17) is 4.52 Å². The average Bonchev–Trinajstić information content (AvgIpc) is 3.22. The quantitative estimate of drug-likeness (QED) is 0.848. The fourth-order valence-corrected chi connectivity index (χ4v) is 3.10. The summed E-state index contributed by atoms with van der Waals surface area (Å²) in [7, 11) is 0. The highest BCUT2D eigenvalue weighted by molar-refractivity contribution is 5.32. The molecule has 0 bridgehead atoms. The van der Waals surface area contributed by atoms with Gasteiger partial charge in [-0.2, -0.15) is 18.2 Å². The van der Waals surface area contributed by atoms with Gasteiger partial charge in [-0.25, -0.2) is 9.97 Å². The largest absolute Gasteiger partial charge is 0.433 e. The van der Waals surface area contributed by atoms with Crippen molar-refractivity contribution in [3.63, 3.8) is 0 Å². The van der Waals surface area contributed by atoms with Crippen LogP contribution in [-0.4, -0.2) is 20.1 Å². The van der Waals surface area contributed by atoms with Crippen molar-refractivity contribution in [1.29, 1.82) is 0 Å². The van der Waals surface area contributed by atoms with E-state index < -0.39 is 11.9 Å². The molecule has 8 heteroatoms. The van der Waals surface area contributed by atoms with Gasteiger partial charge in [-0.05, 0) is 39.0 Å². The molecule has 0 aliphatic heterocycles. The topological polar surface area (TPSA) is 64.7 Å². The molecule has 0 radical (unpaired) electrons. The Morgan fingerprint density at radius 3 is 2.52 bits per heavy atom. The number of hydrogen-bond acceptors (Lipinski definition) is 5. The Bertz CT molecular complexity index is 752. The summed E-state index contributed by atoms with van der Waals surface area (Å²) in [5, 5.41) is 3.96. The van der Waals surface area contributed by atoms with Gasteiger partial charge in [0.1, 0.15) is 5.82 Å². The first kappa shape index (κ1) is 14.6. The standard InChI is InChI=1S/C15H15F3N4O/c1-7-19-11-5-4-9(6-10(11)12(20-7)15(16,17)18)14-21-13(22-23-14)8-2-3-8/h8-9H,2-6H2,1H3. The highest BCUT2D eigenvalue weighted by Gasteiger charge is 2.40. The molecule has 23 heavy (non-hydrogen) atoms. The number of rotatable bonds is 2. The lowest BCUT2D eigenvalue weighted by molar-refractivity contribution is -0.142. The number of aromatic nitrogens is 4. The number of aryl methyl sites for hydroxylation is 2. The second-order valence-electron chi connectivity index (χ2n) is 6.25. The molecule has 0 saturated heterocycles. The third kappa shape index (κ3) is 2.70. The third-order valence-corrected chi connectivity index (χ3v) is 4.40. The fraction of sp³-hybridized carbons (Fsp3) is 0.600. The molecule has 122 valence electrons. The van der Waals surface area contributed by atoms with Crippen LogP contribution in [0.3, 0.4) is 0 Å². The first-order chi connectivity index (χ1) is 10.9. The number of nitrogens with zero attached hydrogens (tertiary/aromatic N) is 4. The van der Waals surface area contributed by atoms with Crippen LogP contribution >= 0.6 is 0 Å². The van der Waals surface area contributed by atoms with E-state index in [0.29, 0.717) is 36.2 Å². The van der Waals surface area contributed by atoms with Crippen molar-refractivity contribution in [1.82, 2.24) is 20.1 Å². The number of halogens is 3. The molecule has 2 aliphatic carbocycles. The molecule has 1 fully saturated rings. The zero-order chi connectivity index (χ0) is 16.2. The summed E-state index contributed by atoms with van der Waals surface area (Å²) in [5.74, 6) is 1.44. The summed E-state index contributed by atoms with van der Waals surface area (Å²) in [6.45, 7) is 1.49. The molecule has 1 atom stereocenters. The van der Waals surface area contributed by atoms with Gasteiger partial charge in [-0.1, -0.05) is 5.16 Å². The maximum absolute atomic E-state index is 13.3. The van der Waals surface area contributed by atoms with Crippen molar-refractivity contribution >= 4 is 0 Å². The van der Waals surface area contributed by atoms with Crippen molar-refractivity contribution in [3.05, 3.63) is 34.5 Å². The minimum atomic E-state index is -4.48. The Kier molecular flexibility index (Phi) is 3.18. The van der Waals surface area contributed by atoms with Gasteiger partial charge in [0.05, 0.1) is 0 Å². The maximum atomic E-state index is 13.3. The maximum Gasteiger partial charge on any atom is 0.433 e. The number of hydrogen-bond donors (Lipinski definition) is 0. The molecule has 2 heterocycles. The molecule has 4 rings (SSSR count). The lowest BCUT2D eigenvalue weighted by Gasteiger charge is -2.24. The molecule has 2 aromatic rings. The normalized spacial score (nSPS) is 21.3. The van der Waals surface area contributed by atoms with Crippen LogP contribution in [0.5, 0.6) is 0 Å². The van der Waals surface area contributed by atoms with Crippen molar-refractivity contribution in [2.75, 3.05) is 0 Å². The highest BCUT2D eigenvalue weighted by Crippen LogP contribution is 2.41. The Morgan fingerprint density at radius 1 is 1.04 bits per heavy atom. The first-order valence-electron chi connectivity index (χ1n) is 7.69. The molecule has 0 amide bonds. The molecule has 0 spiro atoms. The van der Waals surface area contributed by atoms with E-state index >= 15 is 0 Å². The van der Waals surface area contributed by atoms with Crippen LogP contribution in [0.2, 0.25) is 0 Å². The molecular weight excluding hydrogens is 309 g/mol. The predicted octanol–water partition coefficient (Wildman–Crippen LogP) is 3.34. The molecule has 0 aromatic carbocycles. The van der Waals surface area contributed by atoms with E-state index in [2.05, 4.69) is 20.1 Å². The van der Waals surface area contributed by atoms with Crippen LogP contribution in [0.4, 0.5) is 13.2 Å². The third-order valence-electron chi connectivity index (χ3n) is 4.40. The van der Waals surface area contributed by atoms with Gasteiger partial charge in [-0.3, -0.25) is 0 Å². The molecule has 1 unspecified atom stereocenters. The van der Waals surface area contributed by atoms with Gasteiger partial charge in [0.2, 0.25) is 5.89 Å². The second kappa shape index (κ2) is 5.01. The van der Waals surface area contributed by atoms with E-state index in [0.717, 1.165) is 12.8 Å². The van der Waals surface area contributed by atoms with E-state index in [1.54, 1.807) is 0 Å². The first-order valence-corrected chi connectivity index (χ1v) is 7.69. The van der Waals surface area contributed by atoms with Crippen LogP contribution < -0.4 is 0 Å². The Labute approximate surface area is 130 Å². The minimum Gasteiger partial charge on any atom is -0.339 e. The van der Waals surface area contributed by atoms with Crippen molar-refractivity contribution in [3.8, 4) is 0 Å². The smallest absolute Gasteiger partial charge is 0.339 e. The van der Waals surface area contributed by atoms with Gasteiger partial charge in [0.25, 0.3) is 0 Å². The van der Waals surface area contributed by atoms with Crippen LogP contribution in [-0.2, 0) is 19.0 Å².